The number of hydrogen-bond donors (Lipinski definition) is 2. The molecular weight excluding hydrogens is 943 g/mol. The minimum atomic E-state index is -2.63. The Morgan fingerprint density at radius 1 is 0.859 bits per heavy atom. The number of benzene rings is 1. The van der Waals surface area contributed by atoms with Gasteiger partial charge in [0.15, 0.2) is 33.6 Å². The molecule has 2 aliphatic heterocycles. The van der Waals surface area contributed by atoms with E-state index in [0.717, 1.165) is 18.1 Å². The first kappa shape index (κ1) is 57.1. The highest BCUT2D eigenvalue weighted by atomic mass is 28.4. The molecule has 2 unspecified atom stereocenters. The molecule has 400 valence electrons. The normalized spacial score (nSPS) is 33.3. The van der Waals surface area contributed by atoms with Gasteiger partial charge in [0.25, 0.3) is 0 Å². The van der Waals surface area contributed by atoms with Crippen LogP contribution in [-0.4, -0.2) is 123 Å². The number of fused-ring (bicyclic) bond motifs is 8. The lowest BCUT2D eigenvalue weighted by atomic mass is 9.44. The molecule has 3 aliphatic carbocycles. The summed E-state index contributed by atoms with van der Waals surface area (Å²) in [4.78, 5) is 57.4. The first-order valence-corrected chi connectivity index (χ1v) is 31.4. The number of rotatable bonds is 17. The van der Waals surface area contributed by atoms with Crippen LogP contribution in [0.25, 0.3) is 0 Å². The maximum Gasteiger partial charge on any atom is 0.407 e. The number of nitrogens with one attached hydrogen (secondary N) is 1. The summed E-state index contributed by atoms with van der Waals surface area (Å²) >= 11 is 0. The molecule has 2 saturated carbocycles. The fourth-order valence-corrected chi connectivity index (χ4v) is 19.0. The third-order valence-electron chi connectivity index (χ3n) is 17.8. The van der Waals surface area contributed by atoms with E-state index in [1.54, 1.807) is 65.0 Å². The van der Waals surface area contributed by atoms with Gasteiger partial charge in [-0.2, -0.15) is 0 Å². The Kier molecular flexibility index (Phi) is 16.2. The molecule has 2 saturated heterocycles. The second kappa shape index (κ2) is 20.2. The Labute approximate surface area is 425 Å². The highest BCUT2D eigenvalue weighted by Crippen LogP contribution is 2.68. The summed E-state index contributed by atoms with van der Waals surface area (Å²) in [6.07, 6.45) is -6.29. The summed E-state index contributed by atoms with van der Waals surface area (Å²) in [5.41, 5.74) is -7.06. The average molecular weight is 1030 g/mol. The van der Waals surface area contributed by atoms with Crippen molar-refractivity contribution in [3.05, 3.63) is 47.0 Å². The van der Waals surface area contributed by atoms with Gasteiger partial charge >= 0.3 is 24.0 Å². The van der Waals surface area contributed by atoms with Gasteiger partial charge in [-0.05, 0) is 115 Å². The minimum Gasteiger partial charge on any atom is -0.456 e. The van der Waals surface area contributed by atoms with E-state index in [0.29, 0.717) is 35.7 Å². The van der Waals surface area contributed by atoms with E-state index in [1.165, 1.54) is 6.92 Å². The third kappa shape index (κ3) is 9.97. The van der Waals surface area contributed by atoms with Crippen LogP contribution in [0.3, 0.4) is 0 Å². The summed E-state index contributed by atoms with van der Waals surface area (Å²) in [6, 6.07) is 12.3. The van der Waals surface area contributed by atoms with E-state index in [4.69, 9.17) is 42.0 Å². The van der Waals surface area contributed by atoms with Gasteiger partial charge in [-0.1, -0.05) is 80.5 Å². The Balaban J connectivity index is 1.64. The van der Waals surface area contributed by atoms with Crippen molar-refractivity contribution in [1.29, 1.82) is 0 Å². The van der Waals surface area contributed by atoms with Crippen molar-refractivity contribution < 1.29 is 66.3 Å². The molecule has 2 bridgehead atoms. The third-order valence-corrected chi connectivity index (χ3v) is 27.2. The topological polar surface area (TPSA) is 184 Å². The van der Waals surface area contributed by atoms with Gasteiger partial charge in [0.1, 0.15) is 35.6 Å². The number of aliphatic hydroxyl groups is 1. The van der Waals surface area contributed by atoms with Crippen molar-refractivity contribution in [2.45, 2.75) is 245 Å². The average Bonchev–Trinajstić information content (AvgIpc) is 3.62. The monoisotopic (exact) mass is 1030 g/mol. The summed E-state index contributed by atoms with van der Waals surface area (Å²) in [5.74, 6) is -4.26. The van der Waals surface area contributed by atoms with Crippen LogP contribution in [0.1, 0.15) is 148 Å². The SMILES string of the molecule is CC[Si](CC)(CC)O[C@H]1C[C@H]2OC[C@@]2(OC(C)=O)[C@H]2[C@H](OC(=O)c3ccccc3)[C@]3(O)C[C@H](OC(=O)C(C)(O[Si](CC)(CC)CC)C(C)NC(=O)OC(C)(C)C)C(C)=C([C@H]4OC(C)(C)O[C@H]4[C@]12C)C3(C)C. The molecule has 6 rings (SSSR count). The largest absolute Gasteiger partial charge is 0.456 e. The van der Waals surface area contributed by atoms with E-state index < -0.39 is 128 Å². The van der Waals surface area contributed by atoms with Gasteiger partial charge in [0.05, 0.1) is 36.3 Å². The Morgan fingerprint density at radius 3 is 1.94 bits per heavy atom. The second-order valence-corrected chi connectivity index (χ2v) is 32.9. The lowest BCUT2D eigenvalue weighted by Gasteiger charge is -2.69. The van der Waals surface area contributed by atoms with Gasteiger partial charge in [-0.25, -0.2) is 14.4 Å². The maximum absolute atomic E-state index is 15.5. The highest BCUT2D eigenvalue weighted by Gasteiger charge is 2.80. The number of ether oxygens (including phenoxy) is 7. The molecule has 1 aromatic carbocycles. The summed E-state index contributed by atoms with van der Waals surface area (Å²) in [5, 5.41) is 17.3. The molecule has 2 heterocycles. The molecule has 0 aromatic heterocycles. The predicted molar refractivity (Wildman–Crippen MR) is 273 cm³/mol. The van der Waals surface area contributed by atoms with E-state index >= 15 is 4.79 Å². The Morgan fingerprint density at radius 2 is 1.44 bits per heavy atom. The van der Waals surface area contributed by atoms with E-state index in [2.05, 4.69) is 53.8 Å². The highest BCUT2D eigenvalue weighted by molar-refractivity contribution is 6.74. The lowest BCUT2D eigenvalue weighted by molar-refractivity contribution is -0.361. The van der Waals surface area contributed by atoms with Crippen molar-refractivity contribution in [2.75, 3.05) is 6.61 Å². The van der Waals surface area contributed by atoms with Crippen LogP contribution in [0, 0.1) is 16.7 Å². The van der Waals surface area contributed by atoms with Crippen LogP contribution in [0.2, 0.25) is 36.3 Å². The quantitative estimate of drug-likeness (QED) is 0.0650. The molecule has 1 amide bonds. The van der Waals surface area contributed by atoms with Crippen molar-refractivity contribution >= 4 is 40.6 Å². The zero-order valence-corrected chi connectivity index (χ0v) is 48.1. The van der Waals surface area contributed by atoms with Crippen LogP contribution in [-0.2, 0) is 51.6 Å². The Hall–Kier alpha value is -3.17. The molecule has 4 fully saturated rings. The zero-order chi connectivity index (χ0) is 53.1. The van der Waals surface area contributed by atoms with Crippen molar-refractivity contribution in [2.24, 2.45) is 16.7 Å². The fraction of sp³-hybridized carbons (Fsp3) is 0.778. The van der Waals surface area contributed by atoms with Gasteiger partial charge < -0.3 is 52.4 Å². The van der Waals surface area contributed by atoms with E-state index in [1.807, 2.05) is 34.6 Å². The van der Waals surface area contributed by atoms with Crippen LogP contribution >= 0.6 is 0 Å². The van der Waals surface area contributed by atoms with Crippen LogP contribution < -0.4 is 5.32 Å². The number of alkyl carbamates (subject to hydrolysis) is 1. The summed E-state index contributed by atoms with van der Waals surface area (Å²) < 4.78 is 61.5. The minimum absolute atomic E-state index is 0.0457. The maximum atomic E-state index is 15.5. The summed E-state index contributed by atoms with van der Waals surface area (Å²) in [7, 11) is -5.09. The first-order valence-electron chi connectivity index (χ1n) is 26.3. The number of esters is 3. The predicted octanol–water partition coefficient (Wildman–Crippen LogP) is 9.95. The molecule has 15 nitrogen and oxygen atoms in total. The molecule has 2 N–H and O–H groups in total. The van der Waals surface area contributed by atoms with Crippen molar-refractivity contribution in [3.8, 4) is 0 Å². The number of amides is 1. The molecular formula is C54H87NO14Si2. The molecule has 71 heavy (non-hydrogen) atoms. The standard InChI is InChI=1S/C54H87NO14Si2/c1-19-70(20-2,21-3)68-38-30-39-53(32-61-39,64-35(9)56)42-44(63-45(57)36-28-26-25-27-29-36)54(60)31-37(33(7)40(49(54,13)14)41-43(51(38,42)17)66-50(15,16)65-41)62-46(58)52(18,69-71(22-4,23-5)24-6)34(8)55-47(59)67-48(10,11)12/h25-29,34,37-39,41-44,60H,19-24,30-32H2,1-18H3,(H,55,59)/t34?,37-,38-,39+,41+,42-,43+,44-,51+,52?,53-,54+/m0/s1. The first-order chi connectivity index (χ1) is 32.9. The second-order valence-electron chi connectivity index (χ2n) is 23.5. The van der Waals surface area contributed by atoms with Crippen LogP contribution in [0.4, 0.5) is 4.79 Å². The zero-order valence-electron chi connectivity index (χ0n) is 46.1. The lowest BCUT2D eigenvalue weighted by Crippen LogP contribution is -2.82. The van der Waals surface area contributed by atoms with Crippen molar-refractivity contribution in [3.63, 3.8) is 0 Å². The fourth-order valence-electron chi connectivity index (χ4n) is 12.9. The Bertz CT molecular complexity index is 2150. The molecule has 0 spiro atoms. The van der Waals surface area contributed by atoms with E-state index in [-0.39, 0.29) is 18.6 Å². The number of carbonyl (C=O) groups excluding carboxylic acids is 4. The van der Waals surface area contributed by atoms with Crippen LogP contribution in [0.15, 0.2) is 41.5 Å². The van der Waals surface area contributed by atoms with Gasteiger partial charge in [-0.3, -0.25) is 4.79 Å². The smallest absolute Gasteiger partial charge is 0.407 e. The molecule has 17 heteroatoms. The van der Waals surface area contributed by atoms with Gasteiger partial charge in [0.2, 0.25) is 0 Å². The van der Waals surface area contributed by atoms with Gasteiger partial charge in [-0.15, -0.1) is 0 Å². The number of carbonyl (C=O) groups is 4. The molecule has 12 atom stereocenters. The number of hydrogen-bond acceptors (Lipinski definition) is 14. The molecule has 0 radical (unpaired) electrons. The summed E-state index contributed by atoms with van der Waals surface area (Å²) in [6.45, 7) is 34.1. The molecule has 1 aromatic rings. The van der Waals surface area contributed by atoms with Gasteiger partial charge in [0, 0.05) is 30.6 Å². The van der Waals surface area contributed by atoms with Crippen molar-refractivity contribution in [1.82, 2.24) is 5.32 Å². The van der Waals surface area contributed by atoms with E-state index in [9.17, 15) is 19.5 Å². The van der Waals surface area contributed by atoms with Crippen LogP contribution in [0.5, 0.6) is 0 Å². The molecule has 5 aliphatic rings.